The molecular weight excluding hydrogens is 534 g/mol. The fourth-order valence-corrected chi connectivity index (χ4v) is 4.68. The first-order chi connectivity index (χ1) is 18.8. The number of hydrogen-bond acceptors (Lipinski definition) is 8. The molecule has 206 valence electrons. The highest BCUT2D eigenvalue weighted by molar-refractivity contribution is 6.31. The lowest BCUT2D eigenvalue weighted by molar-refractivity contribution is -0.133. The first-order valence-corrected chi connectivity index (χ1v) is 12.8. The van der Waals surface area contributed by atoms with Crippen molar-refractivity contribution in [1.29, 1.82) is 0 Å². The average molecular weight is 561 g/mol. The lowest BCUT2D eigenvalue weighted by Gasteiger charge is -2.34. The second kappa shape index (κ2) is 11.5. The van der Waals surface area contributed by atoms with Crippen molar-refractivity contribution in [2.24, 2.45) is 0 Å². The van der Waals surface area contributed by atoms with Crippen molar-refractivity contribution in [1.82, 2.24) is 34.2 Å². The summed E-state index contributed by atoms with van der Waals surface area (Å²) in [6, 6.07) is 5.88. The number of anilines is 1. The summed E-state index contributed by atoms with van der Waals surface area (Å²) in [5.74, 6) is -0.286. The summed E-state index contributed by atoms with van der Waals surface area (Å²) in [6.45, 7) is 2.62. The topological polar surface area (TPSA) is 113 Å². The van der Waals surface area contributed by atoms with Crippen molar-refractivity contribution < 1.29 is 23.4 Å². The third-order valence-corrected chi connectivity index (χ3v) is 6.77. The fourth-order valence-electron chi connectivity index (χ4n) is 4.51. The summed E-state index contributed by atoms with van der Waals surface area (Å²) >= 11 is 6.19. The molecule has 1 fully saturated rings. The molecule has 11 nitrogen and oxygen atoms in total. The number of aromatic nitrogens is 5. The molecule has 0 bridgehead atoms. The van der Waals surface area contributed by atoms with Gasteiger partial charge in [0.15, 0.2) is 11.9 Å². The van der Waals surface area contributed by atoms with E-state index in [1.54, 1.807) is 23.4 Å². The lowest BCUT2D eigenvalue weighted by atomic mass is 10.1. The first-order valence-electron chi connectivity index (χ1n) is 12.4. The number of aliphatic hydroxyl groups excluding tert-OH is 1. The molecule has 1 amide bonds. The zero-order valence-corrected chi connectivity index (χ0v) is 21.8. The minimum atomic E-state index is -3.08. The highest BCUT2D eigenvalue weighted by Gasteiger charge is 2.25. The van der Waals surface area contributed by atoms with E-state index in [0.717, 1.165) is 19.6 Å². The number of likely N-dealkylation sites (N-methyl/N-ethyl adjacent to an activating group) is 1. The Morgan fingerprint density at radius 2 is 2.05 bits per heavy atom. The Labute approximate surface area is 227 Å². The summed E-state index contributed by atoms with van der Waals surface area (Å²) < 4.78 is 34.0. The van der Waals surface area contributed by atoms with Crippen LogP contribution in [0.5, 0.6) is 5.75 Å². The SMILES string of the molecule is CCN1CCN(C(=O)Cn2cc(NC(O)c3cnn4cccnc34)c(-c3cc(Cl)ccc3OC(F)F)n2)CC1. The van der Waals surface area contributed by atoms with Crippen LogP contribution in [0.2, 0.25) is 5.02 Å². The van der Waals surface area contributed by atoms with Gasteiger partial charge in [-0.1, -0.05) is 18.5 Å². The van der Waals surface area contributed by atoms with Gasteiger partial charge < -0.3 is 25.0 Å². The van der Waals surface area contributed by atoms with Crippen molar-refractivity contribution >= 4 is 28.8 Å². The number of rotatable bonds is 9. The van der Waals surface area contributed by atoms with Crippen molar-refractivity contribution in [3.05, 3.63) is 59.6 Å². The van der Waals surface area contributed by atoms with Gasteiger partial charge in [-0.25, -0.2) is 9.50 Å². The molecule has 0 radical (unpaired) electrons. The summed E-state index contributed by atoms with van der Waals surface area (Å²) in [5, 5.41) is 23.0. The second-order valence-electron chi connectivity index (χ2n) is 8.96. The van der Waals surface area contributed by atoms with Crippen molar-refractivity contribution in [3.63, 3.8) is 0 Å². The van der Waals surface area contributed by atoms with Crippen LogP contribution in [-0.4, -0.2) is 84.5 Å². The molecular formula is C25H27ClF2N8O3. The normalized spacial score (nSPS) is 15.2. The highest BCUT2D eigenvalue weighted by Crippen LogP contribution is 2.38. The van der Waals surface area contributed by atoms with E-state index in [9.17, 15) is 18.7 Å². The van der Waals surface area contributed by atoms with E-state index in [2.05, 4.69) is 32.3 Å². The van der Waals surface area contributed by atoms with Crippen LogP contribution in [0.1, 0.15) is 18.7 Å². The van der Waals surface area contributed by atoms with Crippen LogP contribution in [-0.2, 0) is 11.3 Å². The maximum Gasteiger partial charge on any atom is 0.387 e. The molecule has 4 heterocycles. The predicted octanol–water partition coefficient (Wildman–Crippen LogP) is 3.11. The van der Waals surface area contributed by atoms with Crippen LogP contribution in [0.3, 0.4) is 0 Å². The molecule has 39 heavy (non-hydrogen) atoms. The third-order valence-electron chi connectivity index (χ3n) is 6.54. The Bertz CT molecular complexity index is 1450. The van der Waals surface area contributed by atoms with E-state index in [1.165, 1.54) is 39.8 Å². The van der Waals surface area contributed by atoms with Crippen LogP contribution in [0.4, 0.5) is 14.5 Å². The standard InChI is InChI=1S/C25H27ClF2N8O3/c1-2-33-8-10-34(11-9-33)21(37)15-35-14-19(31-24(38)18-13-30-36-7-3-6-29-23(18)36)22(32-35)17-12-16(26)4-5-20(17)39-25(27)28/h3-7,12-14,24-25,31,38H,2,8-11,15H2,1H3. The fraction of sp³-hybridized carbons (Fsp3) is 0.360. The number of fused-ring (bicyclic) bond motifs is 1. The maximum absolute atomic E-state index is 13.2. The molecule has 5 rings (SSSR count). The van der Waals surface area contributed by atoms with Crippen LogP contribution in [0.25, 0.3) is 16.9 Å². The van der Waals surface area contributed by atoms with Gasteiger partial charge in [0.2, 0.25) is 5.91 Å². The molecule has 1 aliphatic rings. The third kappa shape index (κ3) is 5.95. The van der Waals surface area contributed by atoms with Gasteiger partial charge in [-0.2, -0.15) is 19.0 Å². The van der Waals surface area contributed by atoms with E-state index in [-0.39, 0.29) is 40.2 Å². The smallest absolute Gasteiger partial charge is 0.387 e. The number of nitrogens with one attached hydrogen (secondary N) is 1. The lowest BCUT2D eigenvalue weighted by Crippen LogP contribution is -2.49. The van der Waals surface area contributed by atoms with Crippen molar-refractivity contribution in [2.75, 3.05) is 38.0 Å². The van der Waals surface area contributed by atoms with E-state index < -0.39 is 12.8 Å². The van der Waals surface area contributed by atoms with E-state index in [1.807, 2.05) is 0 Å². The monoisotopic (exact) mass is 560 g/mol. The molecule has 1 aliphatic heterocycles. The number of alkyl halides is 2. The average Bonchev–Trinajstić information content (AvgIpc) is 3.53. The largest absolute Gasteiger partial charge is 0.434 e. The predicted molar refractivity (Wildman–Crippen MR) is 140 cm³/mol. The van der Waals surface area contributed by atoms with E-state index in [0.29, 0.717) is 24.3 Å². The summed E-state index contributed by atoms with van der Waals surface area (Å²) in [5.41, 5.74) is 1.41. The second-order valence-corrected chi connectivity index (χ2v) is 9.39. The number of halogens is 3. The molecule has 1 unspecified atom stereocenters. The summed E-state index contributed by atoms with van der Waals surface area (Å²) in [6.07, 6.45) is 4.97. The van der Waals surface area contributed by atoms with Gasteiger partial charge in [0.25, 0.3) is 0 Å². The van der Waals surface area contributed by atoms with Crippen molar-refractivity contribution in [2.45, 2.75) is 26.3 Å². The minimum Gasteiger partial charge on any atom is -0.434 e. The summed E-state index contributed by atoms with van der Waals surface area (Å²) in [7, 11) is 0. The van der Waals surface area contributed by atoms with Crippen LogP contribution < -0.4 is 10.1 Å². The van der Waals surface area contributed by atoms with Crippen LogP contribution in [0.15, 0.2) is 49.1 Å². The Kier molecular flexibility index (Phi) is 7.91. The molecule has 0 aliphatic carbocycles. The molecule has 1 aromatic carbocycles. The Balaban J connectivity index is 1.47. The molecule has 1 atom stereocenters. The van der Waals surface area contributed by atoms with E-state index >= 15 is 0 Å². The molecule has 0 spiro atoms. The van der Waals surface area contributed by atoms with Crippen LogP contribution >= 0.6 is 11.6 Å². The number of piperazine rings is 1. The zero-order valence-electron chi connectivity index (χ0n) is 21.0. The quantitative estimate of drug-likeness (QED) is 0.300. The zero-order chi connectivity index (χ0) is 27.5. The molecule has 4 aromatic rings. The molecule has 1 saturated heterocycles. The van der Waals surface area contributed by atoms with Gasteiger partial charge in [-0.05, 0) is 30.8 Å². The highest BCUT2D eigenvalue weighted by atomic mass is 35.5. The molecule has 0 saturated carbocycles. The van der Waals surface area contributed by atoms with Gasteiger partial charge in [-0.15, -0.1) is 0 Å². The Morgan fingerprint density at radius 3 is 2.79 bits per heavy atom. The van der Waals surface area contributed by atoms with Crippen LogP contribution in [0, 0.1) is 0 Å². The number of carbonyl (C=O) groups excluding carboxylic acids is 1. The molecule has 2 N–H and O–H groups in total. The number of nitrogens with zero attached hydrogens (tertiary/aromatic N) is 7. The number of aliphatic hydroxyl groups is 1. The number of ether oxygens (including phenoxy) is 1. The number of benzene rings is 1. The van der Waals surface area contributed by atoms with Crippen molar-refractivity contribution in [3.8, 4) is 17.0 Å². The van der Waals surface area contributed by atoms with Gasteiger partial charge in [0.1, 0.15) is 18.0 Å². The summed E-state index contributed by atoms with van der Waals surface area (Å²) in [4.78, 5) is 21.3. The number of hydrogen-bond donors (Lipinski definition) is 2. The Hall–Kier alpha value is -3.81. The number of carbonyl (C=O) groups is 1. The van der Waals surface area contributed by atoms with Gasteiger partial charge in [-0.3, -0.25) is 9.48 Å². The minimum absolute atomic E-state index is 0.0826. The van der Waals surface area contributed by atoms with E-state index in [4.69, 9.17) is 16.3 Å². The first kappa shape index (κ1) is 26.8. The van der Waals surface area contributed by atoms with Gasteiger partial charge in [0.05, 0.1) is 17.4 Å². The molecule has 14 heteroatoms. The Morgan fingerprint density at radius 1 is 1.26 bits per heavy atom. The molecule has 3 aromatic heterocycles. The van der Waals surface area contributed by atoms with Gasteiger partial charge >= 0.3 is 6.61 Å². The maximum atomic E-state index is 13.2. The number of amides is 1. The van der Waals surface area contributed by atoms with Gasteiger partial charge in [0, 0.05) is 55.4 Å².